The largest absolute Gasteiger partial charge is 0.340 e. The fourth-order valence-corrected chi connectivity index (χ4v) is 4.08. The Kier molecular flexibility index (Phi) is 4.26. The van der Waals surface area contributed by atoms with E-state index in [0.29, 0.717) is 5.84 Å². The van der Waals surface area contributed by atoms with E-state index in [2.05, 4.69) is 14.7 Å². The predicted molar refractivity (Wildman–Crippen MR) is 91.9 cm³/mol. The summed E-state index contributed by atoms with van der Waals surface area (Å²) < 4.78 is 26.5. The fraction of sp³-hybridized carbons (Fsp3) is 0.0667. The predicted octanol–water partition coefficient (Wildman–Crippen LogP) is 2.94. The van der Waals surface area contributed by atoms with Gasteiger partial charge in [0.25, 0.3) is 10.0 Å². The minimum absolute atomic E-state index is 0.0563. The van der Waals surface area contributed by atoms with Crippen LogP contribution in [-0.2, 0) is 10.0 Å². The Morgan fingerprint density at radius 2 is 1.68 bits per heavy atom. The number of benzene rings is 2. The molecule has 0 spiro atoms. The molecule has 2 aromatic carbocycles. The monoisotopic (exact) mass is 331 g/mol. The fourth-order valence-electron chi connectivity index (χ4n) is 1.87. The van der Waals surface area contributed by atoms with Gasteiger partial charge in [-0.25, -0.2) is 13.4 Å². The third-order valence-corrected chi connectivity index (χ3v) is 5.52. The van der Waals surface area contributed by atoms with Gasteiger partial charge in [0.05, 0.1) is 0 Å². The van der Waals surface area contributed by atoms with Gasteiger partial charge < -0.3 is 5.32 Å². The van der Waals surface area contributed by atoms with Gasteiger partial charge in [-0.15, -0.1) is 4.40 Å². The smallest absolute Gasteiger partial charge is 0.265 e. The minimum atomic E-state index is -3.38. The Morgan fingerprint density at radius 3 is 2.27 bits per heavy atom. The van der Waals surface area contributed by atoms with Gasteiger partial charge in [0.1, 0.15) is 10.9 Å². The van der Waals surface area contributed by atoms with Crippen LogP contribution >= 0.6 is 11.8 Å². The van der Waals surface area contributed by atoms with E-state index in [1.165, 1.54) is 0 Å². The molecule has 0 aliphatic carbocycles. The van der Waals surface area contributed by atoms with Gasteiger partial charge in [0, 0.05) is 11.3 Å². The maximum Gasteiger partial charge on any atom is 0.265 e. The second kappa shape index (κ2) is 6.33. The summed E-state index contributed by atoms with van der Waals surface area (Å²) in [6, 6.07) is 19.1. The molecule has 0 radical (unpaired) electrons. The zero-order valence-corrected chi connectivity index (χ0v) is 13.1. The molecule has 22 heavy (non-hydrogen) atoms. The van der Waals surface area contributed by atoms with Gasteiger partial charge in [-0.2, -0.15) is 0 Å². The molecule has 0 fully saturated rings. The summed E-state index contributed by atoms with van der Waals surface area (Å²) in [5, 5.41) is 3.41. The van der Waals surface area contributed by atoms with E-state index in [4.69, 9.17) is 0 Å². The first-order valence-corrected chi connectivity index (χ1v) is 9.13. The van der Waals surface area contributed by atoms with Crippen molar-refractivity contribution in [2.24, 2.45) is 9.39 Å². The topological polar surface area (TPSA) is 70.9 Å². The Morgan fingerprint density at radius 1 is 1.05 bits per heavy atom. The van der Waals surface area contributed by atoms with Gasteiger partial charge in [-0.05, 0) is 12.1 Å². The maximum atomic E-state index is 11.4. The highest BCUT2D eigenvalue weighted by Crippen LogP contribution is 2.21. The zero-order chi connectivity index (χ0) is 15.4. The summed E-state index contributed by atoms with van der Waals surface area (Å²) in [5.41, 5.74) is 1.73. The van der Waals surface area contributed by atoms with Crippen LogP contribution in [0.1, 0.15) is 5.56 Å². The number of thioether (sulfide) groups is 1. The molecule has 0 amide bonds. The van der Waals surface area contributed by atoms with E-state index in [1.807, 2.05) is 60.7 Å². The molecule has 1 aliphatic rings. The molecule has 2 aromatic rings. The number of nitrogens with zero attached hydrogens (tertiary/aromatic N) is 2. The molecule has 7 heteroatoms. The van der Waals surface area contributed by atoms with Crippen LogP contribution in [0.15, 0.2) is 70.1 Å². The molecule has 1 aliphatic heterocycles. The highest BCUT2D eigenvalue weighted by Gasteiger charge is 2.21. The van der Waals surface area contributed by atoms with Crippen molar-refractivity contribution in [3.8, 4) is 0 Å². The van der Waals surface area contributed by atoms with Crippen molar-refractivity contribution in [1.29, 1.82) is 0 Å². The summed E-state index contributed by atoms with van der Waals surface area (Å²) >= 11 is 1.12. The molecule has 112 valence electrons. The van der Waals surface area contributed by atoms with Crippen LogP contribution in [0.2, 0.25) is 0 Å². The van der Waals surface area contributed by atoms with Crippen LogP contribution in [0.4, 0.5) is 5.69 Å². The van der Waals surface area contributed by atoms with Gasteiger partial charge >= 0.3 is 0 Å². The van der Waals surface area contributed by atoms with Crippen molar-refractivity contribution < 1.29 is 8.42 Å². The molecule has 0 unspecified atom stereocenters. The van der Waals surface area contributed by atoms with Crippen molar-refractivity contribution in [2.45, 2.75) is 0 Å². The third kappa shape index (κ3) is 3.75. The quantitative estimate of drug-likeness (QED) is 0.678. The molecule has 3 rings (SSSR count). The number of rotatable bonds is 2. The molecule has 0 saturated carbocycles. The Labute approximate surface area is 133 Å². The number of para-hydroxylation sites is 1. The van der Waals surface area contributed by atoms with Gasteiger partial charge in [-0.3, -0.25) is 0 Å². The van der Waals surface area contributed by atoms with Crippen molar-refractivity contribution in [1.82, 2.24) is 0 Å². The number of sulfonamides is 1. The number of amidine groups is 2. The first-order valence-electron chi connectivity index (χ1n) is 6.54. The van der Waals surface area contributed by atoms with Gasteiger partial charge in [0.2, 0.25) is 5.17 Å². The second-order valence-corrected chi connectivity index (χ2v) is 7.48. The molecule has 0 aromatic heterocycles. The summed E-state index contributed by atoms with van der Waals surface area (Å²) in [6.07, 6.45) is 0. The zero-order valence-electron chi connectivity index (χ0n) is 11.5. The molecule has 5 nitrogen and oxygen atoms in total. The number of aliphatic imine (C=N–C) groups is 1. The summed E-state index contributed by atoms with van der Waals surface area (Å²) in [7, 11) is -3.38. The van der Waals surface area contributed by atoms with Crippen LogP contribution in [0.25, 0.3) is 0 Å². The highest BCUT2D eigenvalue weighted by atomic mass is 32.3. The van der Waals surface area contributed by atoms with Crippen molar-refractivity contribution >= 4 is 38.5 Å². The van der Waals surface area contributed by atoms with Gasteiger partial charge in [0.15, 0.2) is 0 Å². The molecular weight excluding hydrogens is 318 g/mol. The number of nitrogens with one attached hydrogen (secondary N) is 1. The molecule has 0 atom stereocenters. The SMILES string of the molecule is O=S1(=O)CSC(/N=C(/Nc2ccccc2)c2ccccc2)=N1. The average Bonchev–Trinajstić information content (AvgIpc) is 2.87. The van der Waals surface area contributed by atoms with Crippen LogP contribution in [-0.4, -0.2) is 24.5 Å². The van der Waals surface area contributed by atoms with Crippen LogP contribution < -0.4 is 5.32 Å². The third-order valence-electron chi connectivity index (χ3n) is 2.85. The van der Waals surface area contributed by atoms with E-state index in [0.717, 1.165) is 23.0 Å². The van der Waals surface area contributed by atoms with E-state index in [-0.39, 0.29) is 10.3 Å². The van der Waals surface area contributed by atoms with Crippen molar-refractivity contribution in [3.05, 3.63) is 66.2 Å². The summed E-state index contributed by atoms with van der Waals surface area (Å²) in [5.74, 6) is 0.565. The molecular formula is C15H13N3O2S2. The lowest BCUT2D eigenvalue weighted by Gasteiger charge is -2.10. The van der Waals surface area contributed by atoms with Crippen LogP contribution in [0.5, 0.6) is 0 Å². The summed E-state index contributed by atoms with van der Waals surface area (Å²) in [6.45, 7) is 0. The molecule has 0 bridgehead atoms. The minimum Gasteiger partial charge on any atom is -0.340 e. The van der Waals surface area contributed by atoms with E-state index < -0.39 is 10.0 Å². The Hall–Kier alpha value is -2.12. The summed E-state index contributed by atoms with van der Waals surface area (Å²) in [4.78, 5) is 4.38. The Bertz CT molecular complexity index is 816. The molecule has 0 saturated heterocycles. The van der Waals surface area contributed by atoms with E-state index in [1.54, 1.807) is 0 Å². The van der Waals surface area contributed by atoms with Crippen molar-refractivity contribution in [2.75, 3.05) is 10.4 Å². The lowest BCUT2D eigenvalue weighted by atomic mass is 10.2. The lowest BCUT2D eigenvalue weighted by Crippen LogP contribution is -2.15. The first kappa shape index (κ1) is 14.8. The normalized spacial score (nSPS) is 17.1. The van der Waals surface area contributed by atoms with Gasteiger partial charge in [-0.1, -0.05) is 60.3 Å². The standard InChI is InChI=1S/C15H13N3O2S2/c19-22(20)11-21-15(18-22)17-14(12-7-3-1-4-8-12)16-13-9-5-2-6-10-13/h1-10H,11H2,(H,16,17,18). The first-order chi connectivity index (χ1) is 10.6. The molecule has 1 heterocycles. The molecule has 1 N–H and O–H groups in total. The highest BCUT2D eigenvalue weighted by molar-refractivity contribution is 8.24. The lowest BCUT2D eigenvalue weighted by molar-refractivity contribution is 0.603. The average molecular weight is 331 g/mol. The van der Waals surface area contributed by atoms with E-state index in [9.17, 15) is 8.42 Å². The maximum absolute atomic E-state index is 11.4. The van der Waals surface area contributed by atoms with E-state index >= 15 is 0 Å². The number of hydrogen-bond acceptors (Lipinski definition) is 4. The Balaban J connectivity index is 1.97. The number of hydrogen-bond donors (Lipinski definition) is 1. The number of anilines is 1. The van der Waals surface area contributed by atoms with Crippen LogP contribution in [0, 0.1) is 0 Å². The van der Waals surface area contributed by atoms with Crippen LogP contribution in [0.3, 0.4) is 0 Å². The second-order valence-electron chi connectivity index (χ2n) is 4.54. The van der Waals surface area contributed by atoms with Crippen molar-refractivity contribution in [3.63, 3.8) is 0 Å².